The third-order valence-corrected chi connectivity index (χ3v) is 4.42. The van der Waals surface area contributed by atoms with Crippen molar-refractivity contribution >= 4 is 5.65 Å². The standard InChI is InChI=1S/C19H20N6O/c1-13(19-24-22-17-5-3-4-10-25(17)19)20-11-15-12-21-23-18(15)14-6-8-16(26-2)9-7-14/h3-10,12-13,20H,11H2,1-2H3,(H,21,23). The molecule has 1 aromatic carbocycles. The highest BCUT2D eigenvalue weighted by molar-refractivity contribution is 5.63. The van der Waals surface area contributed by atoms with Crippen LogP contribution in [0.1, 0.15) is 24.4 Å². The van der Waals surface area contributed by atoms with Crippen molar-refractivity contribution in [2.45, 2.75) is 19.5 Å². The first kappa shape index (κ1) is 16.3. The minimum absolute atomic E-state index is 0.0472. The summed E-state index contributed by atoms with van der Waals surface area (Å²) in [6, 6.07) is 13.9. The molecule has 0 aliphatic rings. The summed E-state index contributed by atoms with van der Waals surface area (Å²) in [4.78, 5) is 0. The molecule has 3 aromatic heterocycles. The Balaban J connectivity index is 1.51. The molecule has 1 unspecified atom stereocenters. The van der Waals surface area contributed by atoms with E-state index in [1.807, 2.05) is 59.3 Å². The van der Waals surface area contributed by atoms with Gasteiger partial charge >= 0.3 is 0 Å². The van der Waals surface area contributed by atoms with Crippen molar-refractivity contribution in [1.82, 2.24) is 30.1 Å². The normalized spacial score (nSPS) is 12.4. The number of rotatable bonds is 6. The molecule has 0 amide bonds. The highest BCUT2D eigenvalue weighted by atomic mass is 16.5. The monoisotopic (exact) mass is 348 g/mol. The molecular formula is C19H20N6O. The number of methoxy groups -OCH3 is 1. The Kier molecular flexibility index (Phi) is 4.37. The molecular weight excluding hydrogens is 328 g/mol. The van der Waals surface area contributed by atoms with Gasteiger partial charge < -0.3 is 10.1 Å². The number of nitrogens with zero attached hydrogens (tertiary/aromatic N) is 4. The number of hydrogen-bond acceptors (Lipinski definition) is 5. The average molecular weight is 348 g/mol. The number of pyridine rings is 1. The molecule has 0 bridgehead atoms. The summed E-state index contributed by atoms with van der Waals surface area (Å²) in [6.07, 6.45) is 3.82. The van der Waals surface area contributed by atoms with E-state index < -0.39 is 0 Å². The molecule has 0 saturated carbocycles. The van der Waals surface area contributed by atoms with Gasteiger partial charge in [0.15, 0.2) is 11.5 Å². The van der Waals surface area contributed by atoms with Crippen LogP contribution in [0.5, 0.6) is 5.75 Å². The Hall–Kier alpha value is -3.19. The molecule has 0 fully saturated rings. The van der Waals surface area contributed by atoms with Gasteiger partial charge in [-0.1, -0.05) is 6.07 Å². The fourth-order valence-electron chi connectivity index (χ4n) is 2.96. The van der Waals surface area contributed by atoms with Crippen LogP contribution in [0.4, 0.5) is 0 Å². The number of benzene rings is 1. The number of nitrogens with one attached hydrogen (secondary N) is 2. The average Bonchev–Trinajstić information content (AvgIpc) is 3.33. The molecule has 0 aliphatic heterocycles. The van der Waals surface area contributed by atoms with Crippen molar-refractivity contribution in [3.05, 3.63) is 66.2 Å². The van der Waals surface area contributed by atoms with Crippen LogP contribution in [0.15, 0.2) is 54.9 Å². The van der Waals surface area contributed by atoms with E-state index in [-0.39, 0.29) is 6.04 Å². The summed E-state index contributed by atoms with van der Waals surface area (Å²) in [5.74, 6) is 1.72. The Morgan fingerprint density at radius 1 is 1.15 bits per heavy atom. The van der Waals surface area contributed by atoms with E-state index in [4.69, 9.17) is 4.74 Å². The SMILES string of the molecule is COc1ccc(-c2[nH]ncc2CNC(C)c2nnc3ccccn23)cc1. The predicted octanol–water partition coefficient (Wildman–Crippen LogP) is 2.98. The molecule has 4 aromatic rings. The molecule has 1 atom stereocenters. The highest BCUT2D eigenvalue weighted by Crippen LogP contribution is 2.24. The Labute approximate surface area is 151 Å². The number of fused-ring (bicyclic) bond motifs is 1. The van der Waals surface area contributed by atoms with Crippen LogP contribution in [0.25, 0.3) is 16.9 Å². The van der Waals surface area contributed by atoms with Crippen LogP contribution < -0.4 is 10.1 Å². The number of H-pyrrole nitrogens is 1. The second-order valence-electron chi connectivity index (χ2n) is 6.09. The number of hydrogen-bond donors (Lipinski definition) is 2. The predicted molar refractivity (Wildman–Crippen MR) is 98.8 cm³/mol. The van der Waals surface area contributed by atoms with E-state index in [1.54, 1.807) is 7.11 Å². The van der Waals surface area contributed by atoms with Gasteiger partial charge in [-0.15, -0.1) is 10.2 Å². The van der Waals surface area contributed by atoms with Gasteiger partial charge in [-0.25, -0.2) is 0 Å². The van der Waals surface area contributed by atoms with Gasteiger partial charge in [0, 0.05) is 23.9 Å². The third kappa shape index (κ3) is 3.04. The number of aromatic nitrogens is 5. The third-order valence-electron chi connectivity index (χ3n) is 4.42. The fourth-order valence-corrected chi connectivity index (χ4v) is 2.96. The summed E-state index contributed by atoms with van der Waals surface area (Å²) in [6.45, 7) is 2.75. The zero-order valence-corrected chi connectivity index (χ0v) is 14.7. The van der Waals surface area contributed by atoms with Gasteiger partial charge in [-0.05, 0) is 43.3 Å². The molecule has 4 rings (SSSR count). The molecule has 132 valence electrons. The minimum Gasteiger partial charge on any atom is -0.497 e. The first-order chi connectivity index (χ1) is 12.8. The quantitative estimate of drug-likeness (QED) is 0.560. The lowest BCUT2D eigenvalue weighted by atomic mass is 10.1. The lowest BCUT2D eigenvalue weighted by molar-refractivity contribution is 0.415. The molecule has 0 spiro atoms. The maximum atomic E-state index is 5.22. The van der Waals surface area contributed by atoms with Crippen molar-refractivity contribution < 1.29 is 4.74 Å². The zero-order valence-electron chi connectivity index (χ0n) is 14.7. The van der Waals surface area contributed by atoms with E-state index in [0.717, 1.165) is 34.0 Å². The van der Waals surface area contributed by atoms with Gasteiger partial charge in [-0.2, -0.15) is 5.10 Å². The Morgan fingerprint density at radius 3 is 2.81 bits per heavy atom. The molecule has 2 N–H and O–H groups in total. The largest absolute Gasteiger partial charge is 0.497 e. The van der Waals surface area contributed by atoms with E-state index in [0.29, 0.717) is 6.54 Å². The van der Waals surface area contributed by atoms with Gasteiger partial charge in [0.2, 0.25) is 0 Å². The lowest BCUT2D eigenvalue weighted by Gasteiger charge is -2.12. The molecule has 3 heterocycles. The van der Waals surface area contributed by atoms with Crippen molar-refractivity contribution in [2.75, 3.05) is 7.11 Å². The summed E-state index contributed by atoms with van der Waals surface area (Å²) >= 11 is 0. The first-order valence-electron chi connectivity index (χ1n) is 8.46. The first-order valence-corrected chi connectivity index (χ1v) is 8.46. The van der Waals surface area contributed by atoms with Gasteiger partial charge in [0.1, 0.15) is 5.75 Å². The van der Waals surface area contributed by atoms with Crippen LogP contribution in [-0.4, -0.2) is 31.9 Å². The van der Waals surface area contributed by atoms with Crippen molar-refractivity contribution in [3.8, 4) is 17.0 Å². The highest BCUT2D eigenvalue weighted by Gasteiger charge is 2.14. The second kappa shape index (κ2) is 6.97. The summed E-state index contributed by atoms with van der Waals surface area (Å²) in [5.41, 5.74) is 4.01. The fraction of sp³-hybridized carbons (Fsp3) is 0.211. The minimum atomic E-state index is 0.0472. The Bertz CT molecular complexity index is 1000. The zero-order chi connectivity index (χ0) is 17.9. The van der Waals surface area contributed by atoms with Gasteiger partial charge in [-0.3, -0.25) is 9.50 Å². The summed E-state index contributed by atoms with van der Waals surface area (Å²) in [7, 11) is 1.66. The number of ether oxygens (including phenoxy) is 1. The molecule has 0 aliphatic carbocycles. The van der Waals surface area contributed by atoms with Gasteiger partial charge in [0.25, 0.3) is 0 Å². The second-order valence-corrected chi connectivity index (χ2v) is 6.09. The summed E-state index contributed by atoms with van der Waals surface area (Å²) in [5, 5.41) is 19.3. The Morgan fingerprint density at radius 2 is 2.00 bits per heavy atom. The van der Waals surface area contributed by atoms with Crippen LogP contribution >= 0.6 is 0 Å². The summed E-state index contributed by atoms with van der Waals surface area (Å²) < 4.78 is 7.22. The molecule has 0 radical (unpaired) electrons. The van der Waals surface area contributed by atoms with Crippen LogP contribution in [0.3, 0.4) is 0 Å². The van der Waals surface area contributed by atoms with E-state index in [2.05, 4.69) is 32.6 Å². The van der Waals surface area contributed by atoms with E-state index in [9.17, 15) is 0 Å². The maximum absolute atomic E-state index is 5.22. The van der Waals surface area contributed by atoms with Gasteiger partial charge in [0.05, 0.1) is 25.0 Å². The van der Waals surface area contributed by atoms with Crippen LogP contribution in [0, 0.1) is 0 Å². The molecule has 7 heteroatoms. The van der Waals surface area contributed by atoms with Crippen molar-refractivity contribution in [2.24, 2.45) is 0 Å². The van der Waals surface area contributed by atoms with Crippen LogP contribution in [-0.2, 0) is 6.54 Å². The lowest BCUT2D eigenvalue weighted by Crippen LogP contribution is -2.20. The van der Waals surface area contributed by atoms with E-state index >= 15 is 0 Å². The molecule has 26 heavy (non-hydrogen) atoms. The molecule has 7 nitrogen and oxygen atoms in total. The topological polar surface area (TPSA) is 80.1 Å². The van der Waals surface area contributed by atoms with Crippen LogP contribution in [0.2, 0.25) is 0 Å². The maximum Gasteiger partial charge on any atom is 0.160 e. The van der Waals surface area contributed by atoms with Crippen molar-refractivity contribution in [3.63, 3.8) is 0 Å². The smallest absolute Gasteiger partial charge is 0.160 e. The number of aromatic amines is 1. The van der Waals surface area contributed by atoms with E-state index in [1.165, 1.54) is 0 Å². The molecule has 0 saturated heterocycles. The van der Waals surface area contributed by atoms with Crippen molar-refractivity contribution in [1.29, 1.82) is 0 Å².